The number of benzene rings is 1. The summed E-state index contributed by atoms with van der Waals surface area (Å²) in [7, 11) is 0. The molecule has 7 heteroatoms. The number of hydrogen-bond donors (Lipinski definition) is 1. The van der Waals surface area contributed by atoms with E-state index >= 15 is 0 Å². The monoisotopic (exact) mass is 469 g/mol. The van der Waals surface area contributed by atoms with Gasteiger partial charge in [-0.3, -0.25) is 14.8 Å². The fourth-order valence-corrected chi connectivity index (χ4v) is 2.92. The first kappa shape index (κ1) is 21.9. The SMILES string of the molecule is O=C(COC1=CCC(=NCCOCc2ccc(Br)cc2)C=C1)NCc1ccccn1. The van der Waals surface area contributed by atoms with Crippen LogP contribution in [0, 0.1) is 0 Å². The average molecular weight is 470 g/mol. The maximum atomic E-state index is 11.9. The Hall–Kier alpha value is -2.77. The standard InChI is InChI=1S/C23H24BrN3O3/c24-19-6-4-18(5-7-19)16-29-14-13-26-20-8-10-22(11-9-20)30-17-23(28)27-15-21-3-1-2-12-25-21/h1-8,10-12H,9,13-17H2,(H,27,28). The normalized spacial score (nSPS) is 14.4. The van der Waals surface area contributed by atoms with Crippen molar-refractivity contribution in [1.82, 2.24) is 10.3 Å². The zero-order valence-electron chi connectivity index (χ0n) is 16.6. The molecule has 0 bridgehead atoms. The second-order valence-corrected chi connectivity index (χ2v) is 7.50. The van der Waals surface area contributed by atoms with Crippen molar-refractivity contribution in [1.29, 1.82) is 0 Å². The highest BCUT2D eigenvalue weighted by atomic mass is 79.9. The first-order valence-corrected chi connectivity index (χ1v) is 10.5. The largest absolute Gasteiger partial charge is 0.484 e. The molecule has 1 aromatic carbocycles. The van der Waals surface area contributed by atoms with E-state index in [1.165, 1.54) is 0 Å². The number of pyridine rings is 1. The molecule has 1 aliphatic rings. The van der Waals surface area contributed by atoms with Gasteiger partial charge in [0.1, 0.15) is 5.76 Å². The van der Waals surface area contributed by atoms with Gasteiger partial charge in [-0.2, -0.15) is 0 Å². The van der Waals surface area contributed by atoms with Crippen LogP contribution in [0.1, 0.15) is 17.7 Å². The second kappa shape index (κ2) is 12.0. The van der Waals surface area contributed by atoms with Crippen LogP contribution in [0.3, 0.4) is 0 Å². The van der Waals surface area contributed by atoms with Gasteiger partial charge in [-0.05, 0) is 48.1 Å². The molecule has 1 N–H and O–H groups in total. The lowest BCUT2D eigenvalue weighted by atomic mass is 10.1. The van der Waals surface area contributed by atoms with Crippen molar-refractivity contribution in [3.8, 4) is 0 Å². The molecule has 0 radical (unpaired) electrons. The molecule has 0 fully saturated rings. The maximum Gasteiger partial charge on any atom is 0.258 e. The van der Waals surface area contributed by atoms with E-state index in [1.54, 1.807) is 6.20 Å². The minimum Gasteiger partial charge on any atom is -0.484 e. The highest BCUT2D eigenvalue weighted by Crippen LogP contribution is 2.12. The van der Waals surface area contributed by atoms with E-state index in [4.69, 9.17) is 9.47 Å². The first-order chi connectivity index (χ1) is 14.7. The van der Waals surface area contributed by atoms with Crippen LogP contribution >= 0.6 is 15.9 Å². The summed E-state index contributed by atoms with van der Waals surface area (Å²) in [5, 5.41) is 2.78. The van der Waals surface area contributed by atoms with Crippen molar-refractivity contribution in [2.75, 3.05) is 19.8 Å². The Labute approximate surface area is 184 Å². The van der Waals surface area contributed by atoms with Gasteiger partial charge in [0.2, 0.25) is 0 Å². The topological polar surface area (TPSA) is 72.8 Å². The van der Waals surface area contributed by atoms with Gasteiger partial charge < -0.3 is 14.8 Å². The third kappa shape index (κ3) is 7.93. The highest BCUT2D eigenvalue weighted by molar-refractivity contribution is 9.10. The molecule has 0 saturated heterocycles. The summed E-state index contributed by atoms with van der Waals surface area (Å²) in [5.74, 6) is 0.491. The Bertz CT molecular complexity index is 909. The lowest BCUT2D eigenvalue weighted by molar-refractivity contribution is -0.124. The fraction of sp³-hybridized carbons (Fsp3) is 0.261. The lowest BCUT2D eigenvalue weighted by Gasteiger charge is -2.11. The number of hydrogen-bond acceptors (Lipinski definition) is 5. The van der Waals surface area contributed by atoms with Crippen molar-refractivity contribution >= 4 is 27.5 Å². The molecule has 1 heterocycles. The predicted molar refractivity (Wildman–Crippen MR) is 120 cm³/mol. The number of carbonyl (C=O) groups is 1. The van der Waals surface area contributed by atoms with Crippen LogP contribution in [0.25, 0.3) is 0 Å². The summed E-state index contributed by atoms with van der Waals surface area (Å²) in [5.41, 5.74) is 2.91. The summed E-state index contributed by atoms with van der Waals surface area (Å²) >= 11 is 3.42. The van der Waals surface area contributed by atoms with Gasteiger partial charge in [0.05, 0.1) is 32.0 Å². The molecule has 0 unspecified atom stereocenters. The number of ether oxygens (including phenoxy) is 2. The molecule has 6 nitrogen and oxygen atoms in total. The van der Waals surface area contributed by atoms with Crippen LogP contribution in [0.4, 0.5) is 0 Å². The van der Waals surface area contributed by atoms with Crippen LogP contribution in [0.2, 0.25) is 0 Å². The van der Waals surface area contributed by atoms with Crippen molar-refractivity contribution in [3.63, 3.8) is 0 Å². The van der Waals surface area contributed by atoms with Crippen LogP contribution in [-0.4, -0.2) is 36.4 Å². The van der Waals surface area contributed by atoms with Crippen molar-refractivity contribution < 1.29 is 14.3 Å². The summed E-state index contributed by atoms with van der Waals surface area (Å²) in [6.45, 7) is 2.11. The van der Waals surface area contributed by atoms with Crippen LogP contribution < -0.4 is 5.32 Å². The number of aromatic nitrogens is 1. The van der Waals surface area contributed by atoms with E-state index in [9.17, 15) is 4.79 Å². The van der Waals surface area contributed by atoms with Crippen LogP contribution in [0.15, 0.2) is 82.1 Å². The van der Waals surface area contributed by atoms with Gasteiger partial charge in [0.15, 0.2) is 6.61 Å². The van der Waals surface area contributed by atoms with Crippen molar-refractivity contribution in [2.24, 2.45) is 4.99 Å². The summed E-state index contributed by atoms with van der Waals surface area (Å²) in [4.78, 5) is 20.6. The number of halogens is 1. The zero-order chi connectivity index (χ0) is 21.0. The second-order valence-electron chi connectivity index (χ2n) is 6.58. The quantitative estimate of drug-likeness (QED) is 0.534. The number of carbonyl (C=O) groups excluding carboxylic acids is 1. The number of amides is 1. The molecule has 2 aromatic rings. The smallest absolute Gasteiger partial charge is 0.258 e. The average Bonchev–Trinajstić information content (AvgIpc) is 2.79. The zero-order valence-corrected chi connectivity index (χ0v) is 18.2. The van der Waals surface area contributed by atoms with E-state index in [0.29, 0.717) is 38.5 Å². The minimum atomic E-state index is -0.183. The maximum absolute atomic E-state index is 11.9. The molecular weight excluding hydrogens is 446 g/mol. The Morgan fingerprint density at radius 3 is 2.77 bits per heavy atom. The van der Waals surface area contributed by atoms with Crippen molar-refractivity contribution in [2.45, 2.75) is 19.6 Å². The molecule has 156 valence electrons. The lowest BCUT2D eigenvalue weighted by Crippen LogP contribution is -2.27. The number of aliphatic imine (C=N–C) groups is 1. The van der Waals surface area contributed by atoms with Gasteiger partial charge in [-0.25, -0.2) is 0 Å². The molecule has 1 aliphatic carbocycles. The van der Waals surface area contributed by atoms with Gasteiger partial charge >= 0.3 is 0 Å². The highest BCUT2D eigenvalue weighted by Gasteiger charge is 2.07. The number of allylic oxidation sites excluding steroid dienone is 3. The molecule has 0 spiro atoms. The fourth-order valence-electron chi connectivity index (χ4n) is 2.66. The van der Waals surface area contributed by atoms with Gasteiger partial charge in [0.25, 0.3) is 5.91 Å². The van der Waals surface area contributed by atoms with E-state index in [-0.39, 0.29) is 12.5 Å². The van der Waals surface area contributed by atoms with E-state index in [0.717, 1.165) is 21.4 Å². The molecule has 0 saturated carbocycles. The van der Waals surface area contributed by atoms with E-state index in [1.807, 2.05) is 60.7 Å². The molecular formula is C23H24BrN3O3. The van der Waals surface area contributed by atoms with Crippen molar-refractivity contribution in [3.05, 3.63) is 88.4 Å². The van der Waals surface area contributed by atoms with Crippen LogP contribution in [-0.2, 0) is 27.4 Å². The minimum absolute atomic E-state index is 0.0284. The Morgan fingerprint density at radius 2 is 2.03 bits per heavy atom. The summed E-state index contributed by atoms with van der Waals surface area (Å²) < 4.78 is 12.3. The molecule has 0 atom stereocenters. The third-order valence-corrected chi connectivity index (χ3v) is 4.78. The molecule has 1 aromatic heterocycles. The number of nitrogens with zero attached hydrogens (tertiary/aromatic N) is 2. The summed E-state index contributed by atoms with van der Waals surface area (Å²) in [6, 6.07) is 13.7. The molecule has 30 heavy (non-hydrogen) atoms. The summed E-state index contributed by atoms with van der Waals surface area (Å²) in [6.07, 6.45) is 8.04. The number of nitrogens with one attached hydrogen (secondary N) is 1. The van der Waals surface area contributed by atoms with E-state index in [2.05, 4.69) is 31.2 Å². The Balaban J connectivity index is 1.29. The molecule has 3 rings (SSSR count). The van der Waals surface area contributed by atoms with Gasteiger partial charge in [-0.1, -0.05) is 34.1 Å². The molecule has 1 amide bonds. The van der Waals surface area contributed by atoms with E-state index < -0.39 is 0 Å². The Kier molecular flexibility index (Phi) is 8.80. The number of rotatable bonds is 10. The van der Waals surface area contributed by atoms with Gasteiger partial charge in [0, 0.05) is 22.8 Å². The third-order valence-electron chi connectivity index (χ3n) is 4.25. The van der Waals surface area contributed by atoms with Gasteiger partial charge in [-0.15, -0.1) is 0 Å². The molecule has 0 aliphatic heterocycles. The Morgan fingerprint density at radius 1 is 1.17 bits per heavy atom. The van der Waals surface area contributed by atoms with Crippen LogP contribution in [0.5, 0.6) is 0 Å². The first-order valence-electron chi connectivity index (χ1n) is 9.72. The predicted octanol–water partition coefficient (Wildman–Crippen LogP) is 3.98.